The maximum atomic E-state index is 13.1. The molecule has 0 bridgehead atoms. The first-order valence-corrected chi connectivity index (χ1v) is 10.3. The number of nitrogens with zero attached hydrogens (tertiary/aromatic N) is 2. The van der Waals surface area contributed by atoms with E-state index in [4.69, 9.17) is 4.74 Å². The fraction of sp³-hybridized carbons (Fsp3) is 0.778. The Bertz CT molecular complexity index is 548. The molecule has 0 aromatic rings. The summed E-state index contributed by atoms with van der Waals surface area (Å²) in [5, 5.41) is 0.957. The molecule has 132 valence electrons. The van der Waals surface area contributed by atoms with E-state index >= 15 is 0 Å². The van der Waals surface area contributed by atoms with Gasteiger partial charge in [0.1, 0.15) is 6.61 Å². The third-order valence-corrected chi connectivity index (χ3v) is 7.03. The van der Waals surface area contributed by atoms with Crippen LogP contribution in [0.4, 0.5) is 0 Å². The zero-order chi connectivity index (χ0) is 16.5. The van der Waals surface area contributed by atoms with E-state index in [0.29, 0.717) is 19.2 Å². The van der Waals surface area contributed by atoms with E-state index in [1.807, 2.05) is 6.08 Å². The Morgan fingerprint density at radius 1 is 1.17 bits per heavy atom. The maximum absolute atomic E-state index is 13.1. The fourth-order valence-corrected chi connectivity index (χ4v) is 5.81. The predicted molar refractivity (Wildman–Crippen MR) is 93.3 cm³/mol. The van der Waals surface area contributed by atoms with Gasteiger partial charge >= 0.3 is 0 Å². The second-order valence-corrected chi connectivity index (χ2v) is 8.35. The zero-order valence-corrected chi connectivity index (χ0v) is 14.9. The molecule has 1 saturated carbocycles. The third kappa shape index (κ3) is 3.10. The van der Waals surface area contributed by atoms with E-state index < -0.39 is 0 Å². The van der Waals surface area contributed by atoms with Gasteiger partial charge in [0.15, 0.2) is 0 Å². The molecule has 0 radical (unpaired) electrons. The van der Waals surface area contributed by atoms with Crippen LogP contribution in [-0.2, 0) is 14.3 Å². The second kappa shape index (κ2) is 7.08. The molecule has 4 aliphatic rings. The molecule has 2 saturated heterocycles. The molecule has 3 atom stereocenters. The second-order valence-electron chi connectivity index (χ2n) is 7.31. The van der Waals surface area contributed by atoms with Gasteiger partial charge in [0.25, 0.3) is 5.91 Å². The molecule has 2 amide bonds. The Hall–Kier alpha value is -1.01. The minimum atomic E-state index is -0.0682. The normalized spacial score (nSPS) is 34.1. The van der Waals surface area contributed by atoms with Crippen LogP contribution in [0, 0.1) is 11.8 Å². The van der Waals surface area contributed by atoms with Crippen molar-refractivity contribution in [3.8, 4) is 0 Å². The number of hydrogen-bond acceptors (Lipinski definition) is 4. The molecule has 0 spiro atoms. The largest absolute Gasteiger partial charge is 0.370 e. The summed E-state index contributed by atoms with van der Waals surface area (Å²) < 4.78 is 5.20. The number of likely N-dealkylation sites (tertiary alicyclic amines) is 1. The van der Waals surface area contributed by atoms with Crippen LogP contribution in [-0.4, -0.2) is 59.7 Å². The minimum absolute atomic E-state index is 0.0124. The SMILES string of the molecule is O=C1COCCN1C1=CC(C(=O)N2CCCC3CCCCC32)CS1. The monoisotopic (exact) mass is 350 g/mol. The average molecular weight is 350 g/mol. The molecular formula is C18H26N2O3S. The van der Waals surface area contributed by atoms with Crippen molar-refractivity contribution in [1.29, 1.82) is 0 Å². The van der Waals surface area contributed by atoms with Crippen molar-refractivity contribution in [3.63, 3.8) is 0 Å². The van der Waals surface area contributed by atoms with Gasteiger partial charge in [-0.3, -0.25) is 9.59 Å². The molecule has 3 aliphatic heterocycles. The summed E-state index contributed by atoms with van der Waals surface area (Å²) in [7, 11) is 0. The molecule has 0 aromatic carbocycles. The van der Waals surface area contributed by atoms with Crippen LogP contribution >= 0.6 is 11.8 Å². The predicted octanol–water partition coefficient (Wildman–Crippen LogP) is 2.23. The van der Waals surface area contributed by atoms with Crippen LogP contribution in [0.25, 0.3) is 0 Å². The summed E-state index contributed by atoms with van der Waals surface area (Å²) in [6, 6.07) is 0.465. The van der Waals surface area contributed by atoms with Gasteiger partial charge in [0.05, 0.1) is 17.6 Å². The first kappa shape index (κ1) is 16.5. The number of rotatable bonds is 2. The number of carbonyl (C=O) groups is 2. The molecule has 4 rings (SSSR count). The topological polar surface area (TPSA) is 49.9 Å². The van der Waals surface area contributed by atoms with Gasteiger partial charge in [-0.25, -0.2) is 0 Å². The van der Waals surface area contributed by atoms with Gasteiger partial charge in [-0.05, 0) is 37.7 Å². The van der Waals surface area contributed by atoms with Crippen molar-refractivity contribution >= 4 is 23.6 Å². The van der Waals surface area contributed by atoms with Crippen molar-refractivity contribution in [2.75, 3.05) is 32.1 Å². The Labute approximate surface area is 147 Å². The molecular weight excluding hydrogens is 324 g/mol. The number of hydrogen-bond donors (Lipinski definition) is 0. The smallest absolute Gasteiger partial charge is 0.253 e. The summed E-state index contributed by atoms with van der Waals surface area (Å²) in [6.07, 6.45) is 9.51. The third-order valence-electron chi connectivity index (χ3n) is 5.85. The summed E-state index contributed by atoms with van der Waals surface area (Å²) in [5.74, 6) is 1.72. The number of morpholine rings is 1. The van der Waals surface area contributed by atoms with Crippen LogP contribution < -0.4 is 0 Å². The van der Waals surface area contributed by atoms with E-state index in [9.17, 15) is 9.59 Å². The van der Waals surface area contributed by atoms with Gasteiger partial charge in [-0.1, -0.05) is 12.8 Å². The van der Waals surface area contributed by atoms with Crippen molar-refractivity contribution in [1.82, 2.24) is 9.80 Å². The minimum Gasteiger partial charge on any atom is -0.370 e. The van der Waals surface area contributed by atoms with Crippen molar-refractivity contribution in [3.05, 3.63) is 11.1 Å². The van der Waals surface area contributed by atoms with E-state index in [1.54, 1.807) is 16.7 Å². The lowest BCUT2D eigenvalue weighted by molar-refractivity contribution is -0.141. The van der Waals surface area contributed by atoms with E-state index in [-0.39, 0.29) is 24.3 Å². The zero-order valence-electron chi connectivity index (χ0n) is 14.1. The molecule has 0 N–H and O–H groups in total. The Morgan fingerprint density at radius 2 is 2.00 bits per heavy atom. The van der Waals surface area contributed by atoms with Crippen LogP contribution in [0.1, 0.15) is 38.5 Å². The molecule has 1 aliphatic carbocycles. The van der Waals surface area contributed by atoms with Crippen molar-refractivity contribution < 1.29 is 14.3 Å². The van der Waals surface area contributed by atoms with E-state index in [2.05, 4.69) is 4.90 Å². The number of amides is 2. The number of fused-ring (bicyclic) bond motifs is 1. The van der Waals surface area contributed by atoms with Gasteiger partial charge in [0.2, 0.25) is 5.91 Å². The average Bonchev–Trinajstić information content (AvgIpc) is 3.11. The molecule has 0 aromatic heterocycles. The first-order valence-electron chi connectivity index (χ1n) is 9.27. The first-order chi connectivity index (χ1) is 11.7. The highest BCUT2D eigenvalue weighted by Crippen LogP contribution is 2.38. The summed E-state index contributed by atoms with van der Waals surface area (Å²) >= 11 is 1.65. The van der Waals surface area contributed by atoms with Crippen molar-refractivity contribution in [2.24, 2.45) is 11.8 Å². The van der Waals surface area contributed by atoms with Crippen LogP contribution in [0.15, 0.2) is 11.1 Å². The summed E-state index contributed by atoms with van der Waals surface area (Å²) in [6.45, 7) is 2.26. The molecule has 3 fully saturated rings. The van der Waals surface area contributed by atoms with E-state index in [1.165, 1.54) is 32.1 Å². The van der Waals surface area contributed by atoms with Gasteiger partial charge in [-0.15, -0.1) is 11.8 Å². The molecule has 6 heteroatoms. The number of carbonyl (C=O) groups excluding carboxylic acids is 2. The number of thioether (sulfide) groups is 1. The number of piperidine rings is 1. The Kier molecular flexibility index (Phi) is 4.86. The van der Waals surface area contributed by atoms with E-state index in [0.717, 1.165) is 29.7 Å². The Morgan fingerprint density at radius 3 is 2.88 bits per heavy atom. The molecule has 5 nitrogen and oxygen atoms in total. The highest BCUT2D eigenvalue weighted by atomic mass is 32.2. The fourth-order valence-electron chi connectivity index (χ4n) is 4.62. The standard InChI is InChI=1S/C18H26N2O3S/c21-16-11-23-9-8-20(16)17-10-14(12-24-17)18(22)19-7-3-5-13-4-1-2-6-15(13)19/h10,13-15H,1-9,11-12H2. The van der Waals surface area contributed by atoms with Crippen LogP contribution in [0.3, 0.4) is 0 Å². The lowest BCUT2D eigenvalue weighted by atomic mass is 9.78. The maximum Gasteiger partial charge on any atom is 0.253 e. The Balaban J connectivity index is 1.45. The van der Waals surface area contributed by atoms with Gasteiger partial charge in [0, 0.05) is 24.9 Å². The highest BCUT2D eigenvalue weighted by Gasteiger charge is 2.39. The van der Waals surface area contributed by atoms with Crippen molar-refractivity contribution in [2.45, 2.75) is 44.6 Å². The summed E-state index contributed by atoms with van der Waals surface area (Å²) in [4.78, 5) is 29.1. The van der Waals surface area contributed by atoms with Gasteiger partial charge < -0.3 is 14.5 Å². The molecule has 3 heterocycles. The van der Waals surface area contributed by atoms with Crippen LogP contribution in [0.2, 0.25) is 0 Å². The lowest BCUT2D eigenvalue weighted by Crippen LogP contribution is -2.51. The number of ether oxygens (including phenoxy) is 1. The molecule has 24 heavy (non-hydrogen) atoms. The lowest BCUT2D eigenvalue weighted by Gasteiger charge is -2.44. The quantitative estimate of drug-likeness (QED) is 0.766. The molecule has 3 unspecified atom stereocenters. The highest BCUT2D eigenvalue weighted by molar-refractivity contribution is 8.03. The van der Waals surface area contributed by atoms with Gasteiger partial charge in [-0.2, -0.15) is 0 Å². The van der Waals surface area contributed by atoms with Crippen LogP contribution in [0.5, 0.6) is 0 Å². The summed E-state index contributed by atoms with van der Waals surface area (Å²) in [5.41, 5.74) is 0.